The van der Waals surface area contributed by atoms with Gasteiger partial charge in [0.1, 0.15) is 11.3 Å². The van der Waals surface area contributed by atoms with Crippen LogP contribution in [-0.4, -0.2) is 16.2 Å². The van der Waals surface area contributed by atoms with Gasteiger partial charge in [-0.1, -0.05) is 21.5 Å². The lowest BCUT2D eigenvalue weighted by Crippen LogP contribution is -2.13. The van der Waals surface area contributed by atoms with E-state index in [1.165, 1.54) is 6.07 Å². The summed E-state index contributed by atoms with van der Waals surface area (Å²) in [5.74, 6) is -1.47. The second-order valence-corrected chi connectivity index (χ2v) is 4.78. The number of aromatic hydroxyl groups is 1. The van der Waals surface area contributed by atoms with Crippen molar-refractivity contribution in [3.8, 4) is 5.75 Å². The lowest BCUT2D eigenvalue weighted by molar-refractivity contribution is 0.0693. The van der Waals surface area contributed by atoms with Crippen LogP contribution in [0.5, 0.6) is 5.75 Å². The molecule has 92 valence electrons. The molecule has 0 saturated heterocycles. The largest absolute Gasteiger partial charge is 0.507 e. The van der Waals surface area contributed by atoms with Crippen LogP contribution in [0.2, 0.25) is 0 Å². The van der Waals surface area contributed by atoms with Gasteiger partial charge in [-0.2, -0.15) is 0 Å². The summed E-state index contributed by atoms with van der Waals surface area (Å²) in [5.41, 5.74) is 7.03. The second-order valence-electron chi connectivity index (χ2n) is 3.93. The van der Waals surface area contributed by atoms with Crippen LogP contribution in [0.4, 0.5) is 0 Å². The van der Waals surface area contributed by atoms with Gasteiger partial charge < -0.3 is 15.9 Å². The summed E-state index contributed by atoms with van der Waals surface area (Å²) in [7, 11) is 0. The van der Waals surface area contributed by atoms with Crippen LogP contribution in [-0.2, 0) is 0 Å². The zero-order chi connectivity index (χ0) is 13.2. The second kappa shape index (κ2) is 5.33. The normalized spacial score (nSPS) is 12.2. The van der Waals surface area contributed by atoms with Crippen LogP contribution in [0, 0.1) is 0 Å². The number of halogens is 1. The van der Waals surface area contributed by atoms with E-state index in [9.17, 15) is 9.90 Å². The molecule has 1 atom stereocenters. The average molecular weight is 300 g/mol. The standard InChI is InChI=1S/C12H14BrNO3/c1-6(2)5-9(14)10-8(13)4-3-7(11(10)15)12(16)17/h3-4,9,15H,1,5,14H2,2H3,(H,16,17)/t9-/m1/s1. The van der Waals surface area contributed by atoms with Crippen LogP contribution < -0.4 is 5.73 Å². The van der Waals surface area contributed by atoms with Gasteiger partial charge in [-0.3, -0.25) is 0 Å². The molecule has 4 nitrogen and oxygen atoms in total. The third kappa shape index (κ3) is 3.08. The number of nitrogens with two attached hydrogens (primary N) is 1. The SMILES string of the molecule is C=C(C)C[C@@H](N)c1c(Br)ccc(C(=O)O)c1O. The Balaban J connectivity index is 3.26. The lowest BCUT2D eigenvalue weighted by Gasteiger charge is -2.16. The highest BCUT2D eigenvalue weighted by atomic mass is 79.9. The molecule has 0 heterocycles. The maximum absolute atomic E-state index is 10.9. The molecule has 0 aliphatic carbocycles. The van der Waals surface area contributed by atoms with Crippen LogP contribution in [0.3, 0.4) is 0 Å². The summed E-state index contributed by atoms with van der Waals surface area (Å²) in [6.45, 7) is 5.57. The topological polar surface area (TPSA) is 83.6 Å². The number of hydrogen-bond donors (Lipinski definition) is 3. The molecule has 0 unspecified atom stereocenters. The molecule has 0 fully saturated rings. The molecular weight excluding hydrogens is 286 g/mol. The Kier molecular flexibility index (Phi) is 4.31. The number of benzene rings is 1. The van der Waals surface area contributed by atoms with Gasteiger partial charge in [0, 0.05) is 16.1 Å². The molecule has 0 radical (unpaired) electrons. The molecule has 0 saturated carbocycles. The Labute approximate surface area is 108 Å². The summed E-state index contributed by atoms with van der Waals surface area (Å²) in [6.07, 6.45) is 0.481. The molecule has 1 aromatic rings. The van der Waals surface area contributed by atoms with Gasteiger partial charge in [-0.15, -0.1) is 6.58 Å². The van der Waals surface area contributed by atoms with E-state index in [0.29, 0.717) is 16.5 Å². The van der Waals surface area contributed by atoms with Crippen molar-refractivity contribution < 1.29 is 15.0 Å². The van der Waals surface area contributed by atoms with Crippen molar-refractivity contribution in [1.82, 2.24) is 0 Å². The molecule has 0 aromatic heterocycles. The molecule has 17 heavy (non-hydrogen) atoms. The monoisotopic (exact) mass is 299 g/mol. The highest BCUT2D eigenvalue weighted by Crippen LogP contribution is 2.35. The minimum absolute atomic E-state index is 0.152. The maximum atomic E-state index is 10.9. The van der Waals surface area contributed by atoms with Crippen LogP contribution in [0.1, 0.15) is 35.3 Å². The fourth-order valence-electron chi connectivity index (χ4n) is 1.59. The number of carbonyl (C=O) groups is 1. The number of rotatable bonds is 4. The van der Waals surface area contributed by atoms with Crippen molar-refractivity contribution in [2.45, 2.75) is 19.4 Å². The average Bonchev–Trinajstić information content (AvgIpc) is 2.15. The molecule has 5 heteroatoms. The summed E-state index contributed by atoms with van der Waals surface area (Å²) in [6, 6.07) is 2.41. The van der Waals surface area contributed by atoms with Crippen LogP contribution >= 0.6 is 15.9 Å². The molecule has 1 rings (SSSR count). The van der Waals surface area contributed by atoms with Gasteiger partial charge in [0.25, 0.3) is 0 Å². The van der Waals surface area contributed by atoms with E-state index < -0.39 is 12.0 Å². The van der Waals surface area contributed by atoms with Gasteiger partial charge >= 0.3 is 5.97 Å². The van der Waals surface area contributed by atoms with Crippen molar-refractivity contribution in [1.29, 1.82) is 0 Å². The van der Waals surface area contributed by atoms with Crippen molar-refractivity contribution >= 4 is 21.9 Å². The zero-order valence-corrected chi connectivity index (χ0v) is 11.0. The highest BCUT2D eigenvalue weighted by Gasteiger charge is 2.20. The smallest absolute Gasteiger partial charge is 0.339 e. The Morgan fingerprint density at radius 3 is 2.65 bits per heavy atom. The van der Waals surface area contributed by atoms with Gasteiger partial charge in [-0.25, -0.2) is 4.79 Å². The predicted molar refractivity (Wildman–Crippen MR) is 69.1 cm³/mol. The Morgan fingerprint density at radius 2 is 2.18 bits per heavy atom. The molecule has 1 aromatic carbocycles. The fraction of sp³-hybridized carbons (Fsp3) is 0.250. The number of hydrogen-bond acceptors (Lipinski definition) is 3. The first-order valence-electron chi connectivity index (χ1n) is 4.99. The maximum Gasteiger partial charge on any atom is 0.339 e. The quantitative estimate of drug-likeness (QED) is 0.747. The summed E-state index contributed by atoms with van der Waals surface area (Å²) < 4.78 is 0.591. The van der Waals surface area contributed by atoms with E-state index in [2.05, 4.69) is 22.5 Å². The van der Waals surface area contributed by atoms with Crippen LogP contribution in [0.25, 0.3) is 0 Å². The third-order valence-electron chi connectivity index (χ3n) is 2.33. The first kappa shape index (κ1) is 13.7. The fourth-order valence-corrected chi connectivity index (χ4v) is 2.20. The molecule has 0 aliphatic rings. The minimum Gasteiger partial charge on any atom is -0.507 e. The third-order valence-corrected chi connectivity index (χ3v) is 3.02. The Bertz CT molecular complexity index is 471. The number of carboxylic acid groups (broad SMARTS) is 1. The number of phenols is 1. The number of carboxylic acids is 1. The van der Waals surface area contributed by atoms with Crippen molar-refractivity contribution in [3.05, 3.63) is 39.9 Å². The summed E-state index contributed by atoms with van der Waals surface area (Å²) in [5, 5.41) is 18.8. The first-order valence-corrected chi connectivity index (χ1v) is 5.78. The Hall–Kier alpha value is -1.33. The molecule has 0 bridgehead atoms. The summed E-state index contributed by atoms with van der Waals surface area (Å²) in [4.78, 5) is 10.9. The van der Waals surface area contributed by atoms with Crippen LogP contribution in [0.15, 0.2) is 28.8 Å². The van der Waals surface area contributed by atoms with E-state index >= 15 is 0 Å². The lowest BCUT2D eigenvalue weighted by atomic mass is 9.98. The minimum atomic E-state index is -1.18. The zero-order valence-electron chi connectivity index (χ0n) is 9.40. The van der Waals surface area contributed by atoms with Gasteiger partial charge in [0.05, 0.1) is 0 Å². The molecule has 0 aliphatic heterocycles. The van der Waals surface area contributed by atoms with Gasteiger partial charge in [0.2, 0.25) is 0 Å². The molecule has 0 amide bonds. The number of aromatic carboxylic acids is 1. The van der Waals surface area contributed by atoms with Crippen molar-refractivity contribution in [2.75, 3.05) is 0 Å². The van der Waals surface area contributed by atoms with E-state index in [1.54, 1.807) is 6.07 Å². The predicted octanol–water partition coefficient (Wildman–Crippen LogP) is 2.82. The Morgan fingerprint density at radius 1 is 1.59 bits per heavy atom. The van der Waals surface area contributed by atoms with Gasteiger partial charge in [-0.05, 0) is 25.5 Å². The van der Waals surface area contributed by atoms with E-state index in [1.807, 2.05) is 6.92 Å². The molecule has 0 spiro atoms. The van der Waals surface area contributed by atoms with Gasteiger partial charge in [0.15, 0.2) is 0 Å². The van der Waals surface area contributed by atoms with E-state index in [4.69, 9.17) is 10.8 Å². The molecule has 4 N–H and O–H groups in total. The van der Waals surface area contributed by atoms with Crippen molar-refractivity contribution in [2.24, 2.45) is 5.73 Å². The van der Waals surface area contributed by atoms with E-state index in [-0.39, 0.29) is 11.3 Å². The first-order chi connectivity index (χ1) is 7.84. The molecular formula is C12H14BrNO3. The highest BCUT2D eigenvalue weighted by molar-refractivity contribution is 9.10. The summed E-state index contributed by atoms with van der Waals surface area (Å²) >= 11 is 3.26. The van der Waals surface area contributed by atoms with E-state index in [0.717, 1.165) is 5.57 Å². The van der Waals surface area contributed by atoms with Crippen molar-refractivity contribution in [3.63, 3.8) is 0 Å².